The number of unbranched alkanes of at least 4 members (excludes halogenated alkanes) is 3. The molecule has 0 saturated carbocycles. The lowest BCUT2D eigenvalue weighted by Gasteiger charge is -2.07. The average Bonchev–Trinajstić information content (AvgIpc) is 2.44. The zero-order chi connectivity index (χ0) is 15.7. The number of hydrogen-bond donors (Lipinski definition) is 0. The summed E-state index contributed by atoms with van der Waals surface area (Å²) in [5.41, 5.74) is 0. The van der Waals surface area contributed by atoms with Gasteiger partial charge in [-0.1, -0.05) is 59.7 Å². The van der Waals surface area contributed by atoms with Crippen LogP contribution >= 0.6 is 15.9 Å². The third kappa shape index (κ3) is 7.06. The first kappa shape index (κ1) is 18.8. The lowest BCUT2D eigenvalue weighted by Crippen LogP contribution is -2.07. The monoisotopic (exact) mass is 393 g/mol. The van der Waals surface area contributed by atoms with Gasteiger partial charge in [0.1, 0.15) is 0 Å². The molecule has 0 radical (unpaired) electrons. The minimum Gasteiger partial charge on any atom is -0.199 e. The molecule has 0 bridgehead atoms. The molecule has 3 nitrogen and oxygen atoms in total. The quantitative estimate of drug-likeness (QED) is 0.558. The van der Waals surface area contributed by atoms with E-state index in [0.29, 0.717) is 0 Å². The maximum Gasteiger partial charge on any atom is 0.287 e. The molecule has 1 atom stereocenters. The smallest absolute Gasteiger partial charge is 0.199 e. The lowest BCUT2D eigenvalue weighted by molar-refractivity contribution is 0.598. The van der Waals surface area contributed by atoms with Crippen LogP contribution in [0, 0.1) is 0 Å². The third-order valence-electron chi connectivity index (χ3n) is 2.99. The van der Waals surface area contributed by atoms with E-state index in [1.165, 1.54) is 12.8 Å². The molecular weight excluding hydrogens is 370 g/mol. The Labute approximate surface area is 139 Å². The van der Waals surface area contributed by atoms with Gasteiger partial charge >= 0.3 is 0 Å². The van der Waals surface area contributed by atoms with Gasteiger partial charge in [-0.25, -0.2) is 0 Å². The third-order valence-corrected chi connectivity index (χ3v) is 7.65. The summed E-state index contributed by atoms with van der Waals surface area (Å²) in [6.07, 6.45) is 5.60. The Morgan fingerprint density at radius 2 is 1.67 bits per heavy atom. The fraction of sp³-hybridized carbons (Fsp3) is 0.600. The van der Waals surface area contributed by atoms with Gasteiger partial charge < -0.3 is 0 Å². The van der Waals surface area contributed by atoms with Crippen LogP contribution in [0.25, 0.3) is 0 Å². The largest absolute Gasteiger partial charge is 0.287 e. The van der Waals surface area contributed by atoms with Gasteiger partial charge in [0.25, 0.3) is 10.0 Å². The molecule has 120 valence electrons. The normalized spacial score (nSPS) is 13.5. The highest BCUT2D eigenvalue weighted by Gasteiger charge is 2.13. The second-order valence-electron chi connectivity index (χ2n) is 4.93. The molecule has 1 rings (SSSR count). The number of benzene rings is 1. The van der Waals surface area contributed by atoms with Crippen LogP contribution in [0.5, 0.6) is 0 Å². The first-order chi connectivity index (χ1) is 9.99. The summed E-state index contributed by atoms with van der Waals surface area (Å²) < 4.78 is 29.7. The van der Waals surface area contributed by atoms with Crippen molar-refractivity contribution in [1.29, 1.82) is 0 Å². The van der Waals surface area contributed by atoms with Crippen molar-refractivity contribution in [2.24, 2.45) is 3.77 Å². The van der Waals surface area contributed by atoms with Crippen LogP contribution in [0.1, 0.15) is 46.0 Å². The summed E-state index contributed by atoms with van der Waals surface area (Å²) in [5.74, 6) is 1.76. The van der Waals surface area contributed by atoms with Crippen LogP contribution < -0.4 is 0 Å². The zero-order valence-electron chi connectivity index (χ0n) is 12.7. The van der Waals surface area contributed by atoms with Crippen LogP contribution in [0.4, 0.5) is 0 Å². The van der Waals surface area contributed by atoms with Gasteiger partial charge in [0, 0.05) is 16.0 Å². The molecule has 1 aromatic rings. The van der Waals surface area contributed by atoms with E-state index in [1.807, 2.05) is 0 Å². The summed E-state index contributed by atoms with van der Waals surface area (Å²) in [6.45, 7) is 4.25. The molecule has 6 heteroatoms. The van der Waals surface area contributed by atoms with Crippen molar-refractivity contribution in [3.05, 3.63) is 28.7 Å². The Morgan fingerprint density at radius 3 is 2.24 bits per heavy atom. The molecule has 0 N–H and O–H groups in total. The molecule has 0 amide bonds. The van der Waals surface area contributed by atoms with E-state index >= 15 is 0 Å². The summed E-state index contributed by atoms with van der Waals surface area (Å²) in [7, 11) is -3.90. The molecule has 0 aliphatic heterocycles. The fourth-order valence-electron chi connectivity index (χ4n) is 1.90. The minimum absolute atomic E-state index is 0.285. The standard InChI is InChI=1S/C15H24BrNO2S2/c1-3-5-6-7-13-20(12-4-2)17-21(18,19)15-10-8-14(16)9-11-15/h8-11H,3-7,12-13H2,1-2H3. The molecule has 0 aliphatic rings. The van der Waals surface area contributed by atoms with Crippen LogP contribution in [0.2, 0.25) is 0 Å². The maximum atomic E-state index is 12.3. The fourth-order valence-corrected chi connectivity index (χ4v) is 5.90. The molecule has 0 fully saturated rings. The maximum absolute atomic E-state index is 12.3. The van der Waals surface area contributed by atoms with Gasteiger partial charge in [0.2, 0.25) is 0 Å². The topological polar surface area (TPSA) is 46.5 Å². The Bertz CT molecular complexity index is 554. The predicted molar refractivity (Wildman–Crippen MR) is 95.3 cm³/mol. The second-order valence-corrected chi connectivity index (χ2v) is 9.61. The average molecular weight is 394 g/mol. The van der Waals surface area contributed by atoms with Crippen molar-refractivity contribution in [3.8, 4) is 0 Å². The molecule has 0 saturated heterocycles. The SMILES string of the molecule is CCCCCCS(CCC)=NS(=O)(=O)c1ccc(Br)cc1. The van der Waals surface area contributed by atoms with Crippen LogP contribution in [-0.4, -0.2) is 19.9 Å². The highest BCUT2D eigenvalue weighted by atomic mass is 79.9. The Balaban J connectivity index is 2.84. The van der Waals surface area contributed by atoms with E-state index in [1.54, 1.807) is 24.3 Å². The first-order valence-electron chi connectivity index (χ1n) is 7.40. The van der Waals surface area contributed by atoms with Crippen molar-refractivity contribution in [3.63, 3.8) is 0 Å². The van der Waals surface area contributed by atoms with E-state index in [4.69, 9.17) is 0 Å². The second kappa shape index (κ2) is 9.74. The van der Waals surface area contributed by atoms with Crippen molar-refractivity contribution in [2.75, 3.05) is 11.5 Å². The Morgan fingerprint density at radius 1 is 1.00 bits per heavy atom. The highest BCUT2D eigenvalue weighted by Crippen LogP contribution is 2.18. The van der Waals surface area contributed by atoms with E-state index in [9.17, 15) is 8.42 Å². The van der Waals surface area contributed by atoms with Crippen LogP contribution in [0.3, 0.4) is 0 Å². The van der Waals surface area contributed by atoms with Gasteiger partial charge in [-0.05, 0) is 37.1 Å². The number of halogens is 1. The molecule has 21 heavy (non-hydrogen) atoms. The summed E-state index contributed by atoms with van der Waals surface area (Å²) >= 11 is 3.31. The van der Waals surface area contributed by atoms with Gasteiger partial charge in [-0.15, -0.1) is 3.77 Å². The van der Waals surface area contributed by atoms with E-state index < -0.39 is 10.0 Å². The van der Waals surface area contributed by atoms with Gasteiger partial charge in [0.05, 0.1) is 4.90 Å². The van der Waals surface area contributed by atoms with Crippen LogP contribution in [0.15, 0.2) is 37.4 Å². The van der Waals surface area contributed by atoms with Gasteiger partial charge in [0.15, 0.2) is 0 Å². The van der Waals surface area contributed by atoms with Crippen molar-refractivity contribution in [2.45, 2.75) is 50.8 Å². The minimum atomic E-state index is -3.52. The number of hydrogen-bond acceptors (Lipinski definition) is 2. The van der Waals surface area contributed by atoms with Crippen molar-refractivity contribution >= 4 is 36.6 Å². The lowest BCUT2D eigenvalue weighted by atomic mass is 10.2. The molecule has 0 heterocycles. The Kier molecular flexibility index (Phi) is 8.74. The van der Waals surface area contributed by atoms with Crippen molar-refractivity contribution < 1.29 is 8.42 Å². The molecule has 1 unspecified atom stereocenters. The van der Waals surface area contributed by atoms with E-state index in [0.717, 1.165) is 35.2 Å². The molecule has 0 aromatic heterocycles. The van der Waals surface area contributed by atoms with Crippen LogP contribution in [-0.2, 0) is 20.7 Å². The van der Waals surface area contributed by atoms with E-state index in [2.05, 4.69) is 33.5 Å². The molecule has 1 aromatic carbocycles. The molecular formula is C15H24BrNO2S2. The van der Waals surface area contributed by atoms with Gasteiger partial charge in [-0.2, -0.15) is 8.42 Å². The number of rotatable bonds is 9. The van der Waals surface area contributed by atoms with E-state index in [-0.39, 0.29) is 15.6 Å². The number of sulfonamides is 1. The highest BCUT2D eigenvalue weighted by molar-refractivity contribution is 9.10. The summed E-state index contributed by atoms with van der Waals surface area (Å²) in [4.78, 5) is 0.285. The molecule has 0 aliphatic carbocycles. The van der Waals surface area contributed by atoms with Gasteiger partial charge in [-0.3, -0.25) is 0 Å². The molecule has 0 spiro atoms. The summed E-state index contributed by atoms with van der Waals surface area (Å²) in [6, 6.07) is 6.68. The first-order valence-corrected chi connectivity index (χ1v) is 11.2. The predicted octanol–water partition coefficient (Wildman–Crippen LogP) is 4.93. The van der Waals surface area contributed by atoms with Crippen molar-refractivity contribution in [1.82, 2.24) is 0 Å². The number of nitrogens with zero attached hydrogens (tertiary/aromatic N) is 1. The zero-order valence-corrected chi connectivity index (χ0v) is 15.9. The Hall–Kier alpha value is -0.200. The summed E-state index contributed by atoms with van der Waals surface area (Å²) in [5, 5.41) is 0.